The van der Waals surface area contributed by atoms with Gasteiger partial charge in [0.05, 0.1) is 16.9 Å². The van der Waals surface area contributed by atoms with Crippen LogP contribution in [-0.2, 0) is 40.0 Å². The largest absolute Gasteiger partial charge is 0.484 e. The maximum Gasteiger partial charge on any atom is 0.359 e. The number of non-ortho nitro benzene ring substituents is 1. The van der Waals surface area contributed by atoms with Crippen molar-refractivity contribution in [1.29, 1.82) is 0 Å². The molecule has 2 aliphatic rings. The summed E-state index contributed by atoms with van der Waals surface area (Å²) in [6, 6.07) is 12.9. The Hall–Kier alpha value is -4.11. The van der Waals surface area contributed by atoms with Gasteiger partial charge in [-0.25, -0.2) is 4.79 Å². The van der Waals surface area contributed by atoms with E-state index in [1.165, 1.54) is 24.3 Å². The summed E-state index contributed by atoms with van der Waals surface area (Å²) in [5.74, 6) is -2.15. The molecule has 2 atom stereocenters. The lowest BCUT2D eigenvalue weighted by molar-refractivity contribution is -0.384. The SMILES string of the molecule is CS(=O)(=O)OC1=C(C(=O)OCc2ccc([N+](=O)[O-])cc2)N2C(=O)[C@@H](NC(=O)COc3ccccc3)[C@@H]2SC1. The number of β-lactam (4-membered cyclic amide) rings is 1. The van der Waals surface area contributed by atoms with E-state index in [1.807, 2.05) is 0 Å². The van der Waals surface area contributed by atoms with E-state index in [4.69, 9.17) is 13.7 Å². The van der Waals surface area contributed by atoms with E-state index in [0.717, 1.165) is 22.9 Å². The van der Waals surface area contributed by atoms with E-state index >= 15 is 0 Å². The van der Waals surface area contributed by atoms with Crippen LogP contribution in [0.15, 0.2) is 66.1 Å². The molecule has 2 aromatic carbocycles. The molecule has 2 aromatic rings. The number of hydrogen-bond acceptors (Lipinski definition) is 11. The molecule has 0 saturated carbocycles. The van der Waals surface area contributed by atoms with Crippen molar-refractivity contribution < 1.29 is 41.4 Å². The molecule has 2 heterocycles. The first-order valence-corrected chi connectivity index (χ1v) is 13.8. The maximum absolute atomic E-state index is 13.0. The fourth-order valence-corrected chi connectivity index (χ4v) is 5.47. The third-order valence-corrected chi connectivity index (χ3v) is 7.08. The second-order valence-electron chi connectivity index (χ2n) is 8.12. The van der Waals surface area contributed by atoms with Crippen LogP contribution in [0.25, 0.3) is 0 Å². The van der Waals surface area contributed by atoms with Crippen LogP contribution in [0.3, 0.4) is 0 Å². The van der Waals surface area contributed by atoms with Crippen LogP contribution in [0, 0.1) is 10.1 Å². The molecule has 1 saturated heterocycles. The maximum atomic E-state index is 13.0. The summed E-state index contributed by atoms with van der Waals surface area (Å²) in [6.45, 7) is -0.642. The average Bonchev–Trinajstić information content (AvgIpc) is 2.88. The monoisotopic (exact) mass is 563 g/mol. The molecule has 2 aliphatic heterocycles. The smallest absolute Gasteiger partial charge is 0.359 e. The number of benzene rings is 2. The molecule has 2 amide bonds. The molecule has 4 rings (SSSR count). The van der Waals surface area contributed by atoms with Gasteiger partial charge in [-0.15, -0.1) is 11.8 Å². The fourth-order valence-electron chi connectivity index (χ4n) is 3.64. The second kappa shape index (κ2) is 11.1. The predicted octanol–water partition coefficient (Wildman–Crippen LogP) is 1.30. The lowest BCUT2D eigenvalue weighted by Gasteiger charge is -2.49. The van der Waals surface area contributed by atoms with Gasteiger partial charge in [0.25, 0.3) is 17.5 Å². The quantitative estimate of drug-likeness (QED) is 0.145. The molecule has 0 aliphatic carbocycles. The Bertz CT molecular complexity index is 1390. The molecule has 0 spiro atoms. The molecular formula is C23H21N3O10S2. The number of nitrogens with zero attached hydrogens (tertiary/aromatic N) is 2. The summed E-state index contributed by atoms with van der Waals surface area (Å²) in [5.41, 5.74) is -0.111. The van der Waals surface area contributed by atoms with Crippen molar-refractivity contribution in [1.82, 2.24) is 10.2 Å². The van der Waals surface area contributed by atoms with Gasteiger partial charge in [0.1, 0.15) is 23.8 Å². The molecule has 0 unspecified atom stereocenters. The molecule has 38 heavy (non-hydrogen) atoms. The van der Waals surface area contributed by atoms with Crippen molar-refractivity contribution >= 4 is 45.4 Å². The van der Waals surface area contributed by atoms with Gasteiger partial charge in [-0.1, -0.05) is 18.2 Å². The Labute approximate surface area is 221 Å². The topological polar surface area (TPSA) is 171 Å². The molecule has 13 nitrogen and oxygen atoms in total. The number of fused-ring (bicyclic) bond motifs is 1. The molecule has 200 valence electrons. The third-order valence-electron chi connectivity index (χ3n) is 5.33. The molecule has 1 N–H and O–H groups in total. The van der Waals surface area contributed by atoms with Gasteiger partial charge in [-0.05, 0) is 29.8 Å². The van der Waals surface area contributed by atoms with Gasteiger partial charge < -0.3 is 19.0 Å². The first kappa shape index (κ1) is 26.9. The van der Waals surface area contributed by atoms with Gasteiger partial charge in [0.2, 0.25) is 0 Å². The Morgan fingerprint density at radius 3 is 2.47 bits per heavy atom. The average molecular weight is 564 g/mol. The number of hydrogen-bond donors (Lipinski definition) is 1. The zero-order valence-corrected chi connectivity index (χ0v) is 21.4. The standard InChI is InChI=1S/C23H21N3O10S2/c1-38(32,33)36-17-13-37-22-19(24-18(27)12-34-16-5-3-2-4-6-16)21(28)25(22)20(17)23(29)35-11-14-7-9-15(10-8-14)26(30)31/h2-10,19,22H,11-13H2,1H3,(H,24,27)/t19-,22+/m1/s1. The van der Waals surface area contributed by atoms with E-state index in [9.17, 15) is 32.9 Å². The van der Waals surface area contributed by atoms with Gasteiger partial charge >= 0.3 is 16.1 Å². The number of nitro benzene ring substituents is 1. The summed E-state index contributed by atoms with van der Waals surface area (Å²) in [4.78, 5) is 49.6. The van der Waals surface area contributed by atoms with Crippen LogP contribution in [0.1, 0.15) is 5.56 Å². The highest BCUT2D eigenvalue weighted by atomic mass is 32.2. The minimum absolute atomic E-state index is 0.0869. The van der Waals surface area contributed by atoms with Crippen molar-refractivity contribution in [3.05, 3.63) is 81.7 Å². The van der Waals surface area contributed by atoms with Crippen LogP contribution in [0.2, 0.25) is 0 Å². The van der Waals surface area contributed by atoms with Gasteiger partial charge in [0.15, 0.2) is 18.1 Å². The number of carbonyl (C=O) groups excluding carboxylic acids is 3. The number of thioether (sulfide) groups is 1. The highest BCUT2D eigenvalue weighted by molar-refractivity contribution is 8.00. The number of para-hydroxylation sites is 1. The predicted molar refractivity (Wildman–Crippen MR) is 133 cm³/mol. The van der Waals surface area contributed by atoms with Crippen molar-refractivity contribution in [2.75, 3.05) is 18.6 Å². The second-order valence-corrected chi connectivity index (χ2v) is 10.8. The van der Waals surface area contributed by atoms with Crippen LogP contribution in [0.4, 0.5) is 5.69 Å². The third kappa shape index (κ3) is 6.23. The summed E-state index contributed by atoms with van der Waals surface area (Å²) >= 11 is 1.10. The van der Waals surface area contributed by atoms with Gasteiger partial charge in [-0.3, -0.25) is 24.6 Å². The van der Waals surface area contributed by atoms with Crippen molar-refractivity contribution in [3.63, 3.8) is 0 Å². The van der Waals surface area contributed by atoms with Crippen LogP contribution in [-0.4, -0.2) is 66.1 Å². The Kier molecular flexibility index (Phi) is 7.87. The number of esters is 1. The molecule has 0 bridgehead atoms. The molecule has 1 fully saturated rings. The van der Waals surface area contributed by atoms with Crippen molar-refractivity contribution in [2.24, 2.45) is 0 Å². The fraction of sp³-hybridized carbons (Fsp3) is 0.261. The van der Waals surface area contributed by atoms with Crippen LogP contribution in [0.5, 0.6) is 5.75 Å². The van der Waals surface area contributed by atoms with Crippen LogP contribution < -0.4 is 10.1 Å². The number of amides is 2. The molecule has 0 aromatic heterocycles. The van der Waals surface area contributed by atoms with Crippen LogP contribution >= 0.6 is 11.8 Å². The van der Waals surface area contributed by atoms with E-state index < -0.39 is 49.9 Å². The highest BCUT2D eigenvalue weighted by Crippen LogP contribution is 2.41. The van der Waals surface area contributed by atoms with E-state index in [0.29, 0.717) is 11.3 Å². The lowest BCUT2D eigenvalue weighted by atomic mass is 10.0. The minimum Gasteiger partial charge on any atom is -0.484 e. The number of nitro groups is 1. The van der Waals surface area contributed by atoms with E-state index in [-0.39, 0.29) is 30.4 Å². The minimum atomic E-state index is -4.04. The van der Waals surface area contributed by atoms with E-state index in [1.54, 1.807) is 30.3 Å². The van der Waals surface area contributed by atoms with Gasteiger partial charge in [-0.2, -0.15) is 8.42 Å². The van der Waals surface area contributed by atoms with Crippen molar-refractivity contribution in [3.8, 4) is 5.75 Å². The molecule has 0 radical (unpaired) electrons. The number of nitrogens with one attached hydrogen (secondary N) is 1. The summed E-state index contributed by atoms with van der Waals surface area (Å²) in [7, 11) is -4.04. The zero-order chi connectivity index (χ0) is 27.4. The van der Waals surface area contributed by atoms with E-state index in [2.05, 4.69) is 5.32 Å². The Morgan fingerprint density at radius 2 is 1.84 bits per heavy atom. The number of ether oxygens (including phenoxy) is 2. The summed E-state index contributed by atoms with van der Waals surface area (Å²) < 4.78 is 39.2. The highest BCUT2D eigenvalue weighted by Gasteiger charge is 2.55. The summed E-state index contributed by atoms with van der Waals surface area (Å²) in [5, 5.41) is 12.7. The molecule has 15 heteroatoms. The first-order valence-electron chi connectivity index (χ1n) is 11.0. The van der Waals surface area contributed by atoms with Crippen molar-refractivity contribution in [2.45, 2.75) is 18.0 Å². The van der Waals surface area contributed by atoms with Gasteiger partial charge in [0, 0.05) is 12.1 Å². The lowest BCUT2D eigenvalue weighted by Crippen LogP contribution is -2.71. The Balaban J connectivity index is 1.45. The molecular weight excluding hydrogens is 542 g/mol. The first-order chi connectivity index (χ1) is 18.0. The Morgan fingerprint density at radius 1 is 1.16 bits per heavy atom. The number of carbonyl (C=O) groups is 3. The number of rotatable bonds is 10. The normalized spacial score (nSPS) is 18.7. The zero-order valence-electron chi connectivity index (χ0n) is 19.8. The summed E-state index contributed by atoms with van der Waals surface area (Å²) in [6.07, 6.45) is 0.796.